The van der Waals surface area contributed by atoms with Crippen LogP contribution in [-0.2, 0) is 9.59 Å². The van der Waals surface area contributed by atoms with Crippen LogP contribution in [0.3, 0.4) is 0 Å². The third kappa shape index (κ3) is 1.81. The quantitative estimate of drug-likeness (QED) is 0.774. The highest BCUT2D eigenvalue weighted by molar-refractivity contribution is 5.95. The molecular formula is C12H20N2O2. The topological polar surface area (TPSA) is 49.4 Å². The number of nitrogens with zero attached hydrogens (tertiary/aromatic N) is 1. The van der Waals surface area contributed by atoms with Gasteiger partial charge in [0.15, 0.2) is 0 Å². The Kier molecular flexibility index (Phi) is 2.68. The molecule has 2 unspecified atom stereocenters. The zero-order chi connectivity index (χ0) is 11.9. The SMILES string of the molecule is CCC(C)C1NC(=O)CN(C2(C)CC2)C1=O. The molecule has 2 amide bonds. The van der Waals surface area contributed by atoms with E-state index in [1.165, 1.54) is 0 Å². The number of carbonyl (C=O) groups excluding carboxylic acids is 2. The van der Waals surface area contributed by atoms with E-state index in [4.69, 9.17) is 0 Å². The van der Waals surface area contributed by atoms with E-state index in [0.29, 0.717) is 0 Å². The lowest BCUT2D eigenvalue weighted by Gasteiger charge is -2.38. The van der Waals surface area contributed by atoms with Crippen LogP contribution in [0.25, 0.3) is 0 Å². The third-order valence-corrected chi connectivity index (χ3v) is 3.99. The average molecular weight is 224 g/mol. The largest absolute Gasteiger partial charge is 0.342 e. The van der Waals surface area contributed by atoms with E-state index in [0.717, 1.165) is 19.3 Å². The lowest BCUT2D eigenvalue weighted by Crippen LogP contribution is -2.62. The van der Waals surface area contributed by atoms with Gasteiger partial charge in [-0.05, 0) is 25.7 Å². The second kappa shape index (κ2) is 3.75. The number of hydrogen-bond donors (Lipinski definition) is 1. The molecule has 16 heavy (non-hydrogen) atoms. The van der Waals surface area contributed by atoms with E-state index in [1.807, 2.05) is 13.8 Å². The van der Waals surface area contributed by atoms with Crippen molar-refractivity contribution in [3.63, 3.8) is 0 Å². The molecule has 2 fully saturated rings. The van der Waals surface area contributed by atoms with Crippen molar-refractivity contribution >= 4 is 11.8 Å². The molecule has 1 heterocycles. The summed E-state index contributed by atoms with van der Waals surface area (Å²) in [5, 5.41) is 2.82. The molecule has 0 aromatic heterocycles. The maximum Gasteiger partial charge on any atom is 0.246 e. The number of nitrogens with one attached hydrogen (secondary N) is 1. The summed E-state index contributed by atoms with van der Waals surface area (Å²) in [6.07, 6.45) is 2.96. The van der Waals surface area contributed by atoms with Gasteiger partial charge in [0, 0.05) is 5.54 Å². The molecule has 4 nitrogen and oxygen atoms in total. The second-order valence-corrected chi connectivity index (χ2v) is 5.35. The van der Waals surface area contributed by atoms with Crippen molar-refractivity contribution in [2.45, 2.75) is 51.6 Å². The molecule has 0 bridgehead atoms. The fraction of sp³-hybridized carbons (Fsp3) is 0.833. The standard InChI is InChI=1S/C12H20N2O2/c1-4-8(2)10-11(16)14(7-9(15)13-10)12(3)5-6-12/h8,10H,4-7H2,1-3H3,(H,13,15). The Balaban J connectivity index is 2.16. The van der Waals surface area contributed by atoms with Gasteiger partial charge < -0.3 is 10.2 Å². The van der Waals surface area contributed by atoms with Crippen molar-refractivity contribution in [3.05, 3.63) is 0 Å². The minimum Gasteiger partial charge on any atom is -0.342 e. The minimum atomic E-state index is -0.316. The lowest BCUT2D eigenvalue weighted by molar-refractivity contribution is -0.148. The Morgan fingerprint density at radius 1 is 1.50 bits per heavy atom. The van der Waals surface area contributed by atoms with Crippen molar-refractivity contribution in [2.24, 2.45) is 5.92 Å². The molecular weight excluding hydrogens is 204 g/mol. The smallest absolute Gasteiger partial charge is 0.246 e. The summed E-state index contributed by atoms with van der Waals surface area (Å²) < 4.78 is 0. The maximum absolute atomic E-state index is 12.3. The van der Waals surface area contributed by atoms with Crippen molar-refractivity contribution in [1.29, 1.82) is 0 Å². The van der Waals surface area contributed by atoms with Gasteiger partial charge in [-0.15, -0.1) is 0 Å². The Hall–Kier alpha value is -1.06. The number of piperazine rings is 1. The summed E-state index contributed by atoms with van der Waals surface area (Å²) >= 11 is 0. The minimum absolute atomic E-state index is 0.0157. The van der Waals surface area contributed by atoms with Crippen LogP contribution in [0.15, 0.2) is 0 Å². The molecule has 0 aromatic carbocycles. The summed E-state index contributed by atoms with van der Waals surface area (Å²) in [4.78, 5) is 25.7. The van der Waals surface area contributed by atoms with Crippen LogP contribution in [0.4, 0.5) is 0 Å². The summed E-state index contributed by atoms with van der Waals surface area (Å²) in [5.41, 5.74) is -0.0411. The molecule has 1 aliphatic heterocycles. The first-order valence-corrected chi connectivity index (χ1v) is 6.09. The zero-order valence-corrected chi connectivity index (χ0v) is 10.2. The molecule has 1 saturated heterocycles. The van der Waals surface area contributed by atoms with Gasteiger partial charge in [0.05, 0.1) is 0 Å². The number of carbonyl (C=O) groups is 2. The van der Waals surface area contributed by atoms with E-state index >= 15 is 0 Å². The molecule has 0 aromatic rings. The molecule has 90 valence electrons. The number of hydrogen-bond acceptors (Lipinski definition) is 2. The summed E-state index contributed by atoms with van der Waals surface area (Å²) in [5.74, 6) is 0.300. The second-order valence-electron chi connectivity index (χ2n) is 5.35. The summed E-state index contributed by atoms with van der Waals surface area (Å²) in [7, 11) is 0. The molecule has 1 aliphatic carbocycles. The zero-order valence-electron chi connectivity index (χ0n) is 10.2. The monoisotopic (exact) mass is 224 g/mol. The first kappa shape index (κ1) is 11.4. The molecule has 0 spiro atoms. The van der Waals surface area contributed by atoms with Crippen LogP contribution in [-0.4, -0.2) is 34.8 Å². The highest BCUT2D eigenvalue weighted by atomic mass is 16.2. The maximum atomic E-state index is 12.3. The van der Waals surface area contributed by atoms with Gasteiger partial charge in [-0.2, -0.15) is 0 Å². The number of amides is 2. The van der Waals surface area contributed by atoms with Crippen molar-refractivity contribution in [3.8, 4) is 0 Å². The predicted octanol–water partition coefficient (Wildman–Crippen LogP) is 0.912. The van der Waals surface area contributed by atoms with Gasteiger partial charge in [0.25, 0.3) is 0 Å². The molecule has 1 N–H and O–H groups in total. The van der Waals surface area contributed by atoms with Crippen LogP contribution in [0.5, 0.6) is 0 Å². The van der Waals surface area contributed by atoms with E-state index in [2.05, 4.69) is 12.2 Å². The molecule has 2 aliphatic rings. The first-order chi connectivity index (χ1) is 7.48. The van der Waals surface area contributed by atoms with E-state index in [-0.39, 0.29) is 35.9 Å². The van der Waals surface area contributed by atoms with Gasteiger partial charge in [-0.1, -0.05) is 20.3 Å². The predicted molar refractivity (Wildman–Crippen MR) is 60.7 cm³/mol. The van der Waals surface area contributed by atoms with Crippen molar-refractivity contribution in [1.82, 2.24) is 10.2 Å². The van der Waals surface area contributed by atoms with Crippen molar-refractivity contribution < 1.29 is 9.59 Å². The van der Waals surface area contributed by atoms with Crippen LogP contribution < -0.4 is 5.32 Å². The van der Waals surface area contributed by atoms with Crippen LogP contribution in [0.1, 0.15) is 40.0 Å². The summed E-state index contributed by atoms with van der Waals surface area (Å²) in [6.45, 7) is 6.36. The van der Waals surface area contributed by atoms with Gasteiger partial charge in [-0.25, -0.2) is 0 Å². The van der Waals surface area contributed by atoms with Crippen molar-refractivity contribution in [2.75, 3.05) is 6.54 Å². The Labute approximate surface area is 96.4 Å². The Bertz CT molecular complexity index is 323. The summed E-state index contributed by atoms with van der Waals surface area (Å²) in [6, 6.07) is -0.316. The van der Waals surface area contributed by atoms with Crippen LogP contribution >= 0.6 is 0 Å². The fourth-order valence-electron chi connectivity index (χ4n) is 2.20. The molecule has 1 saturated carbocycles. The molecule has 2 atom stereocenters. The Morgan fingerprint density at radius 3 is 2.62 bits per heavy atom. The van der Waals surface area contributed by atoms with E-state index in [1.54, 1.807) is 4.90 Å². The first-order valence-electron chi connectivity index (χ1n) is 6.09. The van der Waals surface area contributed by atoms with Gasteiger partial charge in [-0.3, -0.25) is 9.59 Å². The van der Waals surface area contributed by atoms with E-state index in [9.17, 15) is 9.59 Å². The normalized spacial score (nSPS) is 29.9. The number of rotatable bonds is 3. The molecule has 0 radical (unpaired) electrons. The van der Waals surface area contributed by atoms with E-state index < -0.39 is 0 Å². The highest BCUT2D eigenvalue weighted by Crippen LogP contribution is 2.42. The highest BCUT2D eigenvalue weighted by Gasteiger charge is 2.50. The van der Waals surface area contributed by atoms with Crippen LogP contribution in [0, 0.1) is 5.92 Å². The lowest BCUT2D eigenvalue weighted by atomic mass is 9.95. The fourth-order valence-corrected chi connectivity index (χ4v) is 2.20. The average Bonchev–Trinajstić information content (AvgIpc) is 2.99. The molecule has 4 heteroatoms. The van der Waals surface area contributed by atoms with Crippen LogP contribution in [0.2, 0.25) is 0 Å². The third-order valence-electron chi connectivity index (χ3n) is 3.99. The van der Waals surface area contributed by atoms with Gasteiger partial charge in [0.1, 0.15) is 12.6 Å². The van der Waals surface area contributed by atoms with Gasteiger partial charge in [0.2, 0.25) is 11.8 Å². The Morgan fingerprint density at radius 2 is 2.12 bits per heavy atom. The van der Waals surface area contributed by atoms with Gasteiger partial charge >= 0.3 is 0 Å². The molecule has 2 rings (SSSR count).